The molecule has 164 valence electrons. The fourth-order valence-corrected chi connectivity index (χ4v) is 3.11. The highest BCUT2D eigenvalue weighted by Gasteiger charge is 2.26. The molecule has 0 saturated heterocycles. The van der Waals surface area contributed by atoms with Crippen molar-refractivity contribution in [3.63, 3.8) is 0 Å². The second-order valence-corrected chi connectivity index (χ2v) is 7.59. The minimum absolute atomic E-state index is 0.0494. The fraction of sp³-hybridized carbons (Fsp3) is 0.435. The van der Waals surface area contributed by atoms with Crippen LogP contribution >= 0.6 is 0 Å². The number of carbonyl (C=O) groups is 1. The Hall–Kier alpha value is -2.67. The SMILES string of the molecule is COc1ccc(NC(=O)N[C@H](CO)c2ccccc2)cc1C(F)C(F)CCC(C)C. The van der Waals surface area contributed by atoms with Gasteiger partial charge in [-0.15, -0.1) is 0 Å². The third kappa shape index (κ3) is 6.69. The third-order valence-electron chi connectivity index (χ3n) is 4.81. The molecular formula is C23H30F2N2O3. The lowest BCUT2D eigenvalue weighted by Crippen LogP contribution is -2.34. The zero-order chi connectivity index (χ0) is 22.1. The molecule has 0 bridgehead atoms. The summed E-state index contributed by atoms with van der Waals surface area (Å²) in [6, 6.07) is 12.3. The van der Waals surface area contributed by atoms with E-state index in [0.29, 0.717) is 12.1 Å². The summed E-state index contributed by atoms with van der Waals surface area (Å²) in [7, 11) is 1.39. The van der Waals surface area contributed by atoms with Crippen LogP contribution in [-0.2, 0) is 0 Å². The first-order chi connectivity index (χ1) is 14.3. The van der Waals surface area contributed by atoms with Gasteiger partial charge in [-0.3, -0.25) is 0 Å². The van der Waals surface area contributed by atoms with Crippen molar-refractivity contribution >= 4 is 11.7 Å². The molecule has 0 aromatic heterocycles. The summed E-state index contributed by atoms with van der Waals surface area (Å²) in [5.41, 5.74) is 1.10. The molecule has 0 spiro atoms. The summed E-state index contributed by atoms with van der Waals surface area (Å²) >= 11 is 0. The van der Waals surface area contributed by atoms with Crippen LogP contribution in [0.5, 0.6) is 5.75 Å². The van der Waals surface area contributed by atoms with E-state index >= 15 is 0 Å². The fourth-order valence-electron chi connectivity index (χ4n) is 3.11. The predicted octanol–water partition coefficient (Wildman–Crippen LogP) is 5.34. The van der Waals surface area contributed by atoms with E-state index in [1.165, 1.54) is 19.2 Å². The number of carbonyl (C=O) groups excluding carboxylic acids is 1. The smallest absolute Gasteiger partial charge is 0.319 e. The molecule has 7 heteroatoms. The van der Waals surface area contributed by atoms with Crippen molar-refractivity contribution in [1.29, 1.82) is 0 Å². The van der Waals surface area contributed by atoms with Gasteiger partial charge in [-0.2, -0.15) is 0 Å². The molecule has 0 fully saturated rings. The van der Waals surface area contributed by atoms with E-state index in [4.69, 9.17) is 4.74 Å². The number of methoxy groups -OCH3 is 1. The zero-order valence-electron chi connectivity index (χ0n) is 17.6. The largest absolute Gasteiger partial charge is 0.496 e. The van der Waals surface area contributed by atoms with Gasteiger partial charge in [-0.05, 0) is 42.5 Å². The van der Waals surface area contributed by atoms with E-state index in [1.54, 1.807) is 30.3 Å². The van der Waals surface area contributed by atoms with Crippen molar-refractivity contribution in [3.05, 3.63) is 59.7 Å². The van der Waals surface area contributed by atoms with Gasteiger partial charge < -0.3 is 20.5 Å². The maximum atomic E-state index is 14.8. The summed E-state index contributed by atoms with van der Waals surface area (Å²) in [5.74, 6) is 0.497. The van der Waals surface area contributed by atoms with Gasteiger partial charge in [-0.1, -0.05) is 44.2 Å². The maximum absolute atomic E-state index is 14.8. The molecule has 3 atom stereocenters. The van der Waals surface area contributed by atoms with Gasteiger partial charge in [-0.25, -0.2) is 13.6 Å². The number of aliphatic hydroxyl groups is 1. The monoisotopic (exact) mass is 420 g/mol. The molecular weight excluding hydrogens is 390 g/mol. The van der Waals surface area contributed by atoms with Crippen LogP contribution in [0.15, 0.2) is 48.5 Å². The average molecular weight is 421 g/mol. The van der Waals surface area contributed by atoms with Crippen molar-refractivity contribution in [3.8, 4) is 5.75 Å². The summed E-state index contributed by atoms with van der Waals surface area (Å²) < 4.78 is 34.4. The van der Waals surface area contributed by atoms with Crippen LogP contribution in [0.3, 0.4) is 0 Å². The van der Waals surface area contributed by atoms with E-state index < -0.39 is 24.4 Å². The standard InChI is InChI=1S/C23H30F2N2O3/c1-15(2)9-11-19(24)22(25)18-13-17(10-12-21(18)30-3)26-23(29)27-20(14-28)16-7-5-4-6-8-16/h4-8,10,12-13,15,19-20,22,28H,9,11,14H2,1-3H3,(H2,26,27,29)/t19?,20-,22?/m1/s1. The van der Waals surface area contributed by atoms with Crippen LogP contribution in [-0.4, -0.2) is 31.0 Å². The van der Waals surface area contributed by atoms with Gasteiger partial charge in [0.1, 0.15) is 11.9 Å². The molecule has 0 aliphatic carbocycles. The number of aliphatic hydroxyl groups excluding tert-OH is 1. The molecule has 30 heavy (non-hydrogen) atoms. The van der Waals surface area contributed by atoms with Crippen molar-refractivity contribution < 1.29 is 23.4 Å². The van der Waals surface area contributed by atoms with Crippen LogP contribution < -0.4 is 15.4 Å². The number of benzene rings is 2. The molecule has 5 nitrogen and oxygen atoms in total. The molecule has 0 aliphatic rings. The van der Waals surface area contributed by atoms with Gasteiger partial charge >= 0.3 is 6.03 Å². The first kappa shape index (κ1) is 23.6. The number of halogens is 2. The summed E-state index contributed by atoms with van der Waals surface area (Å²) in [6.45, 7) is 3.63. The summed E-state index contributed by atoms with van der Waals surface area (Å²) in [6.07, 6.45) is -2.85. The van der Waals surface area contributed by atoms with Crippen molar-refractivity contribution in [2.75, 3.05) is 19.0 Å². The number of ether oxygens (including phenoxy) is 1. The van der Waals surface area contributed by atoms with E-state index in [9.17, 15) is 18.7 Å². The predicted molar refractivity (Wildman–Crippen MR) is 114 cm³/mol. The minimum Gasteiger partial charge on any atom is -0.496 e. The van der Waals surface area contributed by atoms with E-state index in [0.717, 1.165) is 5.56 Å². The van der Waals surface area contributed by atoms with Gasteiger partial charge in [0.15, 0.2) is 6.17 Å². The van der Waals surface area contributed by atoms with E-state index in [2.05, 4.69) is 10.6 Å². The number of urea groups is 1. The lowest BCUT2D eigenvalue weighted by atomic mass is 9.98. The number of alkyl halides is 2. The normalized spacial score (nSPS) is 14.1. The number of hydrogen-bond donors (Lipinski definition) is 3. The minimum atomic E-state index is -1.86. The van der Waals surface area contributed by atoms with Crippen molar-refractivity contribution in [1.82, 2.24) is 5.32 Å². The Kier molecular flexibility index (Phi) is 9.05. The molecule has 0 radical (unpaired) electrons. The number of amides is 2. The summed E-state index contributed by atoms with van der Waals surface area (Å²) in [4.78, 5) is 12.4. The van der Waals surface area contributed by atoms with Gasteiger partial charge in [0.2, 0.25) is 0 Å². The lowest BCUT2D eigenvalue weighted by molar-refractivity contribution is 0.150. The molecule has 2 unspecified atom stereocenters. The third-order valence-corrected chi connectivity index (χ3v) is 4.81. The molecule has 2 aromatic carbocycles. The Balaban J connectivity index is 2.10. The number of nitrogens with one attached hydrogen (secondary N) is 2. The molecule has 2 aromatic rings. The highest BCUT2D eigenvalue weighted by atomic mass is 19.2. The summed E-state index contributed by atoms with van der Waals surface area (Å²) in [5, 5.41) is 14.9. The zero-order valence-corrected chi connectivity index (χ0v) is 17.6. The Bertz CT molecular complexity index is 802. The number of anilines is 1. The van der Waals surface area contributed by atoms with Gasteiger partial charge in [0, 0.05) is 11.3 Å². The highest BCUT2D eigenvalue weighted by Crippen LogP contribution is 2.35. The molecule has 2 rings (SSSR count). The Morgan fingerprint density at radius 2 is 1.80 bits per heavy atom. The lowest BCUT2D eigenvalue weighted by Gasteiger charge is -2.20. The quantitative estimate of drug-likeness (QED) is 0.486. The average Bonchev–Trinajstić information content (AvgIpc) is 2.75. The highest BCUT2D eigenvalue weighted by molar-refractivity contribution is 5.89. The molecule has 0 heterocycles. The molecule has 0 saturated carbocycles. The Labute approximate surface area is 176 Å². The second-order valence-electron chi connectivity index (χ2n) is 7.59. The van der Waals surface area contributed by atoms with Crippen LogP contribution in [0.1, 0.15) is 50.0 Å². The first-order valence-corrected chi connectivity index (χ1v) is 10.0. The topological polar surface area (TPSA) is 70.6 Å². The number of rotatable bonds is 10. The molecule has 0 aliphatic heterocycles. The van der Waals surface area contributed by atoms with E-state index in [1.807, 2.05) is 19.9 Å². The Morgan fingerprint density at radius 3 is 2.40 bits per heavy atom. The van der Waals surface area contributed by atoms with Crippen LogP contribution in [0.2, 0.25) is 0 Å². The van der Waals surface area contributed by atoms with Crippen LogP contribution in [0.25, 0.3) is 0 Å². The van der Waals surface area contributed by atoms with Crippen molar-refractivity contribution in [2.45, 2.75) is 45.1 Å². The van der Waals surface area contributed by atoms with Gasteiger partial charge in [0.05, 0.1) is 19.8 Å². The molecule has 2 amide bonds. The van der Waals surface area contributed by atoms with E-state index in [-0.39, 0.29) is 30.3 Å². The number of hydrogen-bond acceptors (Lipinski definition) is 3. The maximum Gasteiger partial charge on any atom is 0.319 e. The van der Waals surface area contributed by atoms with Gasteiger partial charge in [0.25, 0.3) is 0 Å². The van der Waals surface area contributed by atoms with Crippen molar-refractivity contribution in [2.24, 2.45) is 5.92 Å². The second kappa shape index (κ2) is 11.5. The Morgan fingerprint density at radius 1 is 1.10 bits per heavy atom. The van der Waals surface area contributed by atoms with Crippen LogP contribution in [0, 0.1) is 5.92 Å². The molecule has 3 N–H and O–H groups in total. The first-order valence-electron chi connectivity index (χ1n) is 10.0. The van der Waals surface area contributed by atoms with Crippen LogP contribution in [0.4, 0.5) is 19.3 Å².